The van der Waals surface area contributed by atoms with Gasteiger partial charge in [-0.1, -0.05) is 53.2 Å². The molecule has 7 rings (SSSR count). The van der Waals surface area contributed by atoms with Gasteiger partial charge in [0.15, 0.2) is 18.9 Å². The molecule has 0 bridgehead atoms. The van der Waals surface area contributed by atoms with Crippen LogP contribution in [0.3, 0.4) is 0 Å². The molecule has 0 spiro atoms. The van der Waals surface area contributed by atoms with E-state index >= 15 is 0 Å². The third-order valence-corrected chi connectivity index (χ3v) is 18.9. The Morgan fingerprint density at radius 3 is 1.81 bits per heavy atom. The molecule has 4 aliphatic carbocycles. The van der Waals surface area contributed by atoms with Crippen LogP contribution in [0.1, 0.15) is 113 Å². The van der Waals surface area contributed by atoms with E-state index in [-0.39, 0.29) is 47.5 Å². The van der Waals surface area contributed by atoms with Crippen molar-refractivity contribution in [2.24, 2.45) is 45.3 Å². The van der Waals surface area contributed by atoms with Gasteiger partial charge in [-0.15, -0.1) is 0 Å². The van der Waals surface area contributed by atoms with E-state index < -0.39 is 140 Å². The molecule has 6 fully saturated rings. The van der Waals surface area contributed by atoms with E-state index in [1.807, 2.05) is 0 Å². The molecule has 19 heteroatoms. The van der Waals surface area contributed by atoms with Gasteiger partial charge in [-0.2, -0.15) is 0 Å². The molecule has 7 aliphatic rings. The third-order valence-electron chi connectivity index (χ3n) is 18.9. The Morgan fingerprint density at radius 1 is 0.676 bits per heavy atom. The van der Waals surface area contributed by atoms with Gasteiger partial charge >= 0.3 is 0 Å². The summed E-state index contributed by atoms with van der Waals surface area (Å²) in [5.41, 5.74) is -1.57. The molecule has 3 heterocycles. The number of ether oxygens (including phenoxy) is 6. The lowest BCUT2D eigenvalue weighted by molar-refractivity contribution is -0.324. The van der Waals surface area contributed by atoms with E-state index in [1.54, 1.807) is 13.8 Å². The summed E-state index contributed by atoms with van der Waals surface area (Å²) in [6, 6.07) is 0. The van der Waals surface area contributed by atoms with Gasteiger partial charge in [0.25, 0.3) is 0 Å². The van der Waals surface area contributed by atoms with E-state index in [0.717, 1.165) is 19.3 Å². The van der Waals surface area contributed by atoms with E-state index in [0.29, 0.717) is 32.1 Å². The first-order valence-corrected chi connectivity index (χ1v) is 25.0. The maximum absolute atomic E-state index is 12.6. The van der Waals surface area contributed by atoms with Crippen molar-refractivity contribution in [1.82, 2.24) is 0 Å². The molecule has 19 nitrogen and oxygen atoms in total. The normalized spacial score (nSPS) is 50.4. The fraction of sp³-hybridized carbons (Fsp3) is 0.959. The van der Waals surface area contributed by atoms with E-state index in [4.69, 9.17) is 28.4 Å². The standard InChI is InChI=1S/C49H84O19/c1-22(9-13-32(46(4,5)62)68-44-41(61)38(58)35(55)28(21-51)66-44)23-15-17-47(6)29-12-10-24-25(49(29,8)30(52)19-48(23,47)7)11-14-31(45(24,2)3)67-43-40(60)36(56)33(53)26(64-43)16-18-63-42-39(59)37(57)34(54)27(20-50)65-42/h10,22-23,25-44,50-62H,9,11-21H2,1-8H3/t22-,23?,25?,26-,27-,28-,29?,30-,31+,32-,33-,34-,35-,36+,37+,38+,39-,40-,41-,42-,43+,44+,47+,48-,49+/m1/s1. The first-order chi connectivity index (χ1) is 31.7. The third kappa shape index (κ3) is 9.43. The van der Waals surface area contributed by atoms with Crippen molar-refractivity contribution >= 4 is 0 Å². The van der Waals surface area contributed by atoms with Gasteiger partial charge in [0.2, 0.25) is 0 Å². The predicted molar refractivity (Wildman–Crippen MR) is 240 cm³/mol. The van der Waals surface area contributed by atoms with Crippen LogP contribution in [0.25, 0.3) is 0 Å². The molecule has 25 atom stereocenters. The van der Waals surface area contributed by atoms with Crippen molar-refractivity contribution < 1.29 is 94.8 Å². The monoisotopic (exact) mass is 977 g/mol. The molecule has 0 amide bonds. The highest BCUT2D eigenvalue weighted by Gasteiger charge is 2.70. The van der Waals surface area contributed by atoms with Crippen LogP contribution in [0.4, 0.5) is 0 Å². The zero-order chi connectivity index (χ0) is 50.2. The summed E-state index contributed by atoms with van der Waals surface area (Å²) >= 11 is 0. The lowest BCUT2D eigenvalue weighted by Crippen LogP contribution is -2.65. The quantitative estimate of drug-likeness (QED) is 0.0906. The number of fused-ring (bicyclic) bond motifs is 5. The van der Waals surface area contributed by atoms with Crippen LogP contribution in [0.2, 0.25) is 0 Å². The smallest absolute Gasteiger partial charge is 0.187 e. The number of allylic oxidation sites excluding steroid dienone is 1. The highest BCUT2D eigenvalue weighted by atomic mass is 16.7. The number of hydrogen-bond donors (Lipinski definition) is 13. The molecule has 0 aromatic heterocycles. The van der Waals surface area contributed by atoms with Gasteiger partial charge in [0.05, 0.1) is 49.8 Å². The lowest BCUT2D eigenvalue weighted by atomic mass is 9.38. The van der Waals surface area contributed by atoms with Crippen LogP contribution in [-0.2, 0) is 28.4 Å². The van der Waals surface area contributed by atoms with Crippen molar-refractivity contribution in [3.8, 4) is 0 Å². The minimum atomic E-state index is -1.63. The van der Waals surface area contributed by atoms with Crippen LogP contribution in [0.15, 0.2) is 11.6 Å². The minimum absolute atomic E-state index is 0.0304. The summed E-state index contributed by atoms with van der Waals surface area (Å²) in [5.74, 6) is 0.598. The summed E-state index contributed by atoms with van der Waals surface area (Å²) in [6.45, 7) is 15.2. The van der Waals surface area contributed by atoms with E-state index in [1.165, 1.54) is 5.57 Å². The molecule has 0 radical (unpaired) electrons. The SMILES string of the molecule is C[C@H](CC[C@@H](O[C@@H]1O[C@H](CO)[C@@H](O)[C@H](O)[C@H]1O)C(C)(C)O)C1CC[C@@]2(C)C3CC=C4C(CC[C@H](O[C@@H]5O[C@H](CCO[C@@H]6O[C@H](CO)[C@@H](O)[C@H](O)[C@H]6O)[C@@H](O)[C@H](O)[C@H]5O)C4(C)C)[C@]3(C)[C@H](O)C[C@]12C. The molecule has 68 heavy (non-hydrogen) atoms. The topological polar surface area (TPSA) is 318 Å². The Kier molecular flexibility index (Phi) is 16.4. The Hall–Kier alpha value is -1.02. The van der Waals surface area contributed by atoms with Crippen molar-refractivity contribution in [2.75, 3.05) is 19.8 Å². The number of aliphatic hydroxyl groups excluding tert-OH is 12. The number of rotatable bonds is 15. The Balaban J connectivity index is 1.01. The van der Waals surface area contributed by atoms with Gasteiger partial charge < -0.3 is 94.8 Å². The summed E-state index contributed by atoms with van der Waals surface area (Å²) in [7, 11) is 0. The molecule has 3 aliphatic heterocycles. The minimum Gasteiger partial charge on any atom is -0.394 e. The highest BCUT2D eigenvalue weighted by molar-refractivity contribution is 5.32. The zero-order valence-electron chi connectivity index (χ0n) is 41.0. The van der Waals surface area contributed by atoms with Crippen LogP contribution in [0, 0.1) is 45.3 Å². The fourth-order valence-electron chi connectivity index (χ4n) is 14.4. The molecule has 3 saturated heterocycles. The summed E-state index contributed by atoms with van der Waals surface area (Å²) in [4.78, 5) is 0. The Bertz CT molecular complexity index is 1730. The van der Waals surface area contributed by atoms with Gasteiger partial charge in [-0.3, -0.25) is 0 Å². The van der Waals surface area contributed by atoms with Crippen molar-refractivity contribution in [2.45, 2.75) is 229 Å². The molecule has 3 saturated carbocycles. The predicted octanol–water partition coefficient (Wildman–Crippen LogP) is -0.666. The summed E-state index contributed by atoms with van der Waals surface area (Å²) in [5, 5.41) is 138. The van der Waals surface area contributed by atoms with Gasteiger partial charge in [-0.05, 0) is 106 Å². The Labute approximate surface area is 400 Å². The maximum atomic E-state index is 12.6. The van der Waals surface area contributed by atoms with Gasteiger partial charge in [-0.25, -0.2) is 0 Å². The van der Waals surface area contributed by atoms with E-state index in [2.05, 4.69) is 47.6 Å². The van der Waals surface area contributed by atoms with Crippen LogP contribution in [-0.4, -0.2) is 202 Å². The second-order valence-electron chi connectivity index (χ2n) is 23.4. The number of aliphatic hydroxyl groups is 13. The average molecular weight is 977 g/mol. The summed E-state index contributed by atoms with van der Waals surface area (Å²) in [6.07, 6.45) is -15.6. The molecule has 3 unspecified atom stereocenters. The number of hydrogen-bond acceptors (Lipinski definition) is 19. The molecule has 13 N–H and O–H groups in total. The lowest BCUT2D eigenvalue weighted by Gasteiger charge is -2.67. The second-order valence-corrected chi connectivity index (χ2v) is 23.4. The van der Waals surface area contributed by atoms with Crippen LogP contribution in [0.5, 0.6) is 0 Å². The maximum Gasteiger partial charge on any atom is 0.187 e. The average Bonchev–Trinajstić information content (AvgIpc) is 3.55. The first-order valence-electron chi connectivity index (χ1n) is 25.0. The second kappa shape index (κ2) is 20.4. The molecule has 0 aromatic carbocycles. The fourth-order valence-corrected chi connectivity index (χ4v) is 14.4. The molecular formula is C49H84O19. The largest absolute Gasteiger partial charge is 0.394 e. The first kappa shape index (κ1) is 54.7. The molecule has 394 valence electrons. The van der Waals surface area contributed by atoms with Crippen molar-refractivity contribution in [3.05, 3.63) is 11.6 Å². The van der Waals surface area contributed by atoms with Crippen LogP contribution < -0.4 is 0 Å². The van der Waals surface area contributed by atoms with Gasteiger partial charge in [0.1, 0.15) is 67.1 Å². The summed E-state index contributed by atoms with van der Waals surface area (Å²) < 4.78 is 35.5. The highest BCUT2D eigenvalue weighted by Crippen LogP contribution is 2.75. The zero-order valence-corrected chi connectivity index (χ0v) is 41.0. The van der Waals surface area contributed by atoms with Crippen LogP contribution >= 0.6 is 0 Å². The van der Waals surface area contributed by atoms with E-state index in [9.17, 15) is 66.4 Å². The molecule has 0 aromatic rings. The van der Waals surface area contributed by atoms with Crippen molar-refractivity contribution in [1.29, 1.82) is 0 Å². The molecular weight excluding hydrogens is 893 g/mol. The van der Waals surface area contributed by atoms with Crippen molar-refractivity contribution in [3.63, 3.8) is 0 Å². The Morgan fingerprint density at radius 2 is 1.22 bits per heavy atom. The van der Waals surface area contributed by atoms with Gasteiger partial charge in [0, 0.05) is 10.8 Å².